The van der Waals surface area contributed by atoms with Crippen molar-refractivity contribution in [1.29, 1.82) is 0 Å². The molecule has 0 unspecified atom stereocenters. The summed E-state index contributed by atoms with van der Waals surface area (Å²) in [5, 5.41) is 5.45. The molecule has 1 fully saturated rings. The van der Waals surface area contributed by atoms with Gasteiger partial charge in [-0.15, -0.1) is 0 Å². The number of aromatic nitrogens is 2. The summed E-state index contributed by atoms with van der Waals surface area (Å²) in [6, 6.07) is 12.6. The fourth-order valence-electron chi connectivity index (χ4n) is 4.12. The van der Waals surface area contributed by atoms with Crippen molar-refractivity contribution in [3.63, 3.8) is 0 Å². The lowest BCUT2D eigenvalue weighted by Gasteiger charge is -2.25. The van der Waals surface area contributed by atoms with Gasteiger partial charge in [0.2, 0.25) is 5.91 Å². The molecule has 0 spiro atoms. The molecular formula is C26H22F3N5O2S. The Labute approximate surface area is 214 Å². The number of anilines is 2. The Kier molecular flexibility index (Phi) is 7.04. The molecule has 190 valence electrons. The van der Waals surface area contributed by atoms with E-state index in [1.54, 1.807) is 6.07 Å². The van der Waals surface area contributed by atoms with Crippen LogP contribution >= 0.6 is 11.3 Å². The van der Waals surface area contributed by atoms with E-state index in [4.69, 9.17) is 4.98 Å². The molecule has 37 heavy (non-hydrogen) atoms. The van der Waals surface area contributed by atoms with Crippen LogP contribution in [0.4, 0.5) is 24.0 Å². The Morgan fingerprint density at radius 1 is 0.946 bits per heavy atom. The van der Waals surface area contributed by atoms with Gasteiger partial charge < -0.3 is 15.5 Å². The van der Waals surface area contributed by atoms with Gasteiger partial charge in [-0.05, 0) is 37.5 Å². The van der Waals surface area contributed by atoms with Crippen LogP contribution in [0.5, 0.6) is 0 Å². The summed E-state index contributed by atoms with van der Waals surface area (Å²) in [7, 11) is 0. The molecule has 0 radical (unpaired) electrons. The minimum atomic E-state index is -1.69. The Morgan fingerprint density at radius 3 is 2.46 bits per heavy atom. The molecule has 11 heteroatoms. The lowest BCUT2D eigenvalue weighted by Crippen LogP contribution is -2.33. The molecule has 0 atom stereocenters. The molecule has 2 aromatic carbocycles. The molecular weight excluding hydrogens is 503 g/mol. The maximum atomic E-state index is 13.9. The zero-order valence-electron chi connectivity index (χ0n) is 19.6. The lowest BCUT2D eigenvalue weighted by atomic mass is 10.1. The first-order valence-corrected chi connectivity index (χ1v) is 12.6. The minimum absolute atomic E-state index is 0.302. The van der Waals surface area contributed by atoms with Crippen LogP contribution in [0.3, 0.4) is 0 Å². The summed E-state index contributed by atoms with van der Waals surface area (Å²) in [5.74, 6) is -5.92. The average Bonchev–Trinajstić information content (AvgIpc) is 3.37. The summed E-state index contributed by atoms with van der Waals surface area (Å²) in [6.45, 7) is 1.25. The number of halogens is 3. The van der Waals surface area contributed by atoms with Crippen LogP contribution in [0.25, 0.3) is 21.6 Å². The van der Waals surface area contributed by atoms with Gasteiger partial charge in [0.05, 0.1) is 28.2 Å². The summed E-state index contributed by atoms with van der Waals surface area (Å²) >= 11 is 1.37. The highest BCUT2D eigenvalue weighted by Crippen LogP contribution is 2.34. The minimum Gasteiger partial charge on any atom is -0.348 e. The van der Waals surface area contributed by atoms with Crippen LogP contribution in [-0.4, -0.2) is 41.4 Å². The normalized spacial score (nSPS) is 13.5. The number of rotatable bonds is 6. The lowest BCUT2D eigenvalue weighted by molar-refractivity contribution is -0.115. The largest absolute Gasteiger partial charge is 0.348 e. The quantitative estimate of drug-likeness (QED) is 0.341. The van der Waals surface area contributed by atoms with E-state index < -0.39 is 41.5 Å². The van der Waals surface area contributed by atoms with Crippen molar-refractivity contribution in [1.82, 2.24) is 15.3 Å². The number of piperidine rings is 1. The van der Waals surface area contributed by atoms with Gasteiger partial charge >= 0.3 is 0 Å². The van der Waals surface area contributed by atoms with E-state index in [-0.39, 0.29) is 0 Å². The third-order valence-electron chi connectivity index (χ3n) is 6.01. The average molecular weight is 526 g/mol. The van der Waals surface area contributed by atoms with Crippen LogP contribution in [0.15, 0.2) is 48.5 Å². The Bertz CT molecular complexity index is 1470. The first-order chi connectivity index (χ1) is 17.9. The predicted octanol–water partition coefficient (Wildman–Crippen LogP) is 5.13. The van der Waals surface area contributed by atoms with Crippen LogP contribution in [-0.2, 0) is 4.79 Å². The third-order valence-corrected chi connectivity index (χ3v) is 7.15. The smallest absolute Gasteiger partial charge is 0.253 e. The number of thiazole rings is 1. The van der Waals surface area contributed by atoms with Gasteiger partial charge in [-0.2, -0.15) is 4.98 Å². The van der Waals surface area contributed by atoms with Crippen LogP contribution in [0.2, 0.25) is 0 Å². The fourth-order valence-corrected chi connectivity index (χ4v) is 5.19. The molecule has 2 aromatic heterocycles. The topological polar surface area (TPSA) is 87.2 Å². The Balaban J connectivity index is 1.40. The Hall–Kier alpha value is -3.99. The Morgan fingerprint density at radius 2 is 1.70 bits per heavy atom. The van der Waals surface area contributed by atoms with E-state index in [1.165, 1.54) is 17.8 Å². The van der Waals surface area contributed by atoms with E-state index in [1.807, 2.05) is 30.3 Å². The van der Waals surface area contributed by atoms with Gasteiger partial charge in [0.1, 0.15) is 0 Å². The second-order valence-corrected chi connectivity index (χ2v) is 9.55. The molecule has 2 N–H and O–H groups in total. The van der Waals surface area contributed by atoms with E-state index in [9.17, 15) is 22.8 Å². The van der Waals surface area contributed by atoms with Gasteiger partial charge in [0.25, 0.3) is 5.91 Å². The maximum Gasteiger partial charge on any atom is 0.253 e. The maximum absolute atomic E-state index is 13.9. The summed E-state index contributed by atoms with van der Waals surface area (Å²) in [6.07, 6.45) is 3.31. The van der Waals surface area contributed by atoms with Crippen molar-refractivity contribution in [2.75, 3.05) is 29.9 Å². The molecule has 1 aliphatic rings. The highest BCUT2D eigenvalue weighted by molar-refractivity contribution is 7.22. The van der Waals surface area contributed by atoms with Crippen molar-refractivity contribution < 1.29 is 22.8 Å². The number of hydrogen-bond donors (Lipinski definition) is 2. The van der Waals surface area contributed by atoms with E-state index in [0.29, 0.717) is 27.7 Å². The van der Waals surface area contributed by atoms with Crippen molar-refractivity contribution in [3.8, 4) is 11.3 Å². The van der Waals surface area contributed by atoms with Crippen molar-refractivity contribution in [2.45, 2.75) is 19.3 Å². The van der Waals surface area contributed by atoms with Crippen LogP contribution < -0.4 is 15.5 Å². The summed E-state index contributed by atoms with van der Waals surface area (Å²) in [5.41, 5.74) is 1.57. The zero-order valence-corrected chi connectivity index (χ0v) is 20.4. The predicted molar refractivity (Wildman–Crippen MR) is 136 cm³/mol. The first-order valence-electron chi connectivity index (χ1n) is 11.7. The van der Waals surface area contributed by atoms with Gasteiger partial charge in [-0.25, -0.2) is 18.2 Å². The monoisotopic (exact) mass is 525 g/mol. The van der Waals surface area contributed by atoms with Gasteiger partial charge in [0, 0.05) is 18.7 Å². The number of nitrogens with one attached hydrogen (secondary N) is 2. The highest BCUT2D eigenvalue weighted by Gasteiger charge is 2.22. The van der Waals surface area contributed by atoms with Crippen molar-refractivity contribution in [3.05, 3.63) is 71.5 Å². The molecule has 4 aromatic rings. The molecule has 0 aliphatic carbocycles. The highest BCUT2D eigenvalue weighted by atomic mass is 32.1. The van der Waals surface area contributed by atoms with E-state index in [0.717, 1.165) is 42.7 Å². The number of fused-ring (bicyclic) bond motifs is 1. The molecule has 3 heterocycles. The number of pyridine rings is 1. The van der Waals surface area contributed by atoms with Crippen molar-refractivity contribution in [2.24, 2.45) is 0 Å². The number of hydrogen-bond acceptors (Lipinski definition) is 6. The third kappa shape index (κ3) is 5.26. The standard InChI is InChI=1S/C26H22F3N5O2S/c27-17-9-10-18(22(29)21(17)28)31-20(35)14-30-25(36)16-13-19(15-7-3-1-4-8-15)32-24-23(16)37-26(33-24)34-11-5-2-6-12-34/h1,3-4,7-10,13H,2,5-6,11-12,14H2,(H,30,36)(H,31,35). The molecule has 0 saturated carbocycles. The number of carbonyl (C=O) groups is 2. The molecule has 1 aliphatic heterocycles. The van der Waals surface area contributed by atoms with E-state index in [2.05, 4.69) is 20.5 Å². The zero-order chi connectivity index (χ0) is 25.9. The molecule has 0 bridgehead atoms. The second kappa shape index (κ2) is 10.6. The molecule has 5 rings (SSSR count). The van der Waals surface area contributed by atoms with Crippen LogP contribution in [0, 0.1) is 17.5 Å². The number of amides is 2. The number of benzene rings is 2. The van der Waals surface area contributed by atoms with Gasteiger partial charge in [-0.1, -0.05) is 41.7 Å². The van der Waals surface area contributed by atoms with Crippen LogP contribution in [0.1, 0.15) is 29.6 Å². The van der Waals surface area contributed by atoms with Gasteiger partial charge in [0.15, 0.2) is 28.2 Å². The molecule has 7 nitrogen and oxygen atoms in total. The molecule has 1 saturated heterocycles. The molecule has 2 amide bonds. The van der Waals surface area contributed by atoms with Gasteiger partial charge in [-0.3, -0.25) is 9.59 Å². The number of carbonyl (C=O) groups excluding carboxylic acids is 2. The second-order valence-electron chi connectivity index (χ2n) is 8.57. The number of nitrogens with zero attached hydrogens (tertiary/aromatic N) is 3. The summed E-state index contributed by atoms with van der Waals surface area (Å²) in [4.78, 5) is 37.1. The fraction of sp³-hybridized carbons (Fsp3) is 0.231. The van der Waals surface area contributed by atoms with Crippen molar-refractivity contribution >= 4 is 44.3 Å². The summed E-state index contributed by atoms with van der Waals surface area (Å²) < 4.78 is 41.1. The SMILES string of the molecule is O=C(CNC(=O)c1cc(-c2ccccc2)nc2nc(N3CCCCC3)sc12)Nc1ccc(F)c(F)c1F. The van der Waals surface area contributed by atoms with E-state index >= 15 is 0 Å². The first kappa shape index (κ1) is 24.7.